The molecule has 3 aromatic rings. The smallest absolute Gasteiger partial charge is 0.228 e. The van der Waals surface area contributed by atoms with Crippen LogP contribution in [-0.2, 0) is 19.8 Å². The minimum Gasteiger partial charge on any atom is -0.382 e. The maximum absolute atomic E-state index is 12.3. The molecule has 1 aliphatic heterocycles. The van der Waals surface area contributed by atoms with Crippen molar-refractivity contribution in [3.8, 4) is 0 Å². The molecular formula is C25H32N4O4S. The number of hydrogen-bond donors (Lipinski definition) is 1. The van der Waals surface area contributed by atoms with Gasteiger partial charge in [0.25, 0.3) is 0 Å². The monoisotopic (exact) mass is 484 g/mol. The summed E-state index contributed by atoms with van der Waals surface area (Å²) in [5.41, 5.74) is 1.98. The number of aromatic nitrogens is 3. The van der Waals surface area contributed by atoms with E-state index in [9.17, 15) is 8.42 Å². The van der Waals surface area contributed by atoms with Gasteiger partial charge < -0.3 is 14.5 Å². The van der Waals surface area contributed by atoms with E-state index in [4.69, 9.17) is 14.5 Å². The zero-order chi connectivity index (χ0) is 23.5. The van der Waals surface area contributed by atoms with Crippen LogP contribution in [0.2, 0.25) is 0 Å². The van der Waals surface area contributed by atoms with E-state index >= 15 is 0 Å². The molecule has 1 saturated heterocycles. The molecular weight excluding hydrogens is 452 g/mol. The molecule has 1 saturated carbocycles. The van der Waals surface area contributed by atoms with Crippen molar-refractivity contribution in [3.63, 3.8) is 0 Å². The zero-order valence-corrected chi connectivity index (χ0v) is 20.4. The molecule has 1 atom stereocenters. The van der Waals surface area contributed by atoms with Gasteiger partial charge in [-0.3, -0.25) is 9.88 Å². The van der Waals surface area contributed by atoms with E-state index < -0.39 is 10.3 Å². The molecule has 0 spiro atoms. The number of rotatable bonds is 6. The van der Waals surface area contributed by atoms with E-state index in [0.29, 0.717) is 30.7 Å². The zero-order valence-electron chi connectivity index (χ0n) is 19.6. The third kappa shape index (κ3) is 4.75. The van der Waals surface area contributed by atoms with Crippen LogP contribution in [0.4, 0.5) is 0 Å². The van der Waals surface area contributed by atoms with Crippen LogP contribution < -0.4 is 0 Å². The lowest BCUT2D eigenvalue weighted by molar-refractivity contribution is -0.00906. The largest absolute Gasteiger partial charge is 0.382 e. The Bertz CT molecular complexity index is 1270. The molecule has 0 bridgehead atoms. The molecule has 34 heavy (non-hydrogen) atoms. The third-order valence-electron chi connectivity index (χ3n) is 7.30. The van der Waals surface area contributed by atoms with Crippen LogP contribution in [0, 0.1) is 5.92 Å². The fraction of sp³-hybridized carbons (Fsp3) is 0.560. The quantitative estimate of drug-likeness (QED) is 0.422. The summed E-state index contributed by atoms with van der Waals surface area (Å²) in [7, 11) is -0.570. The number of aromatic amines is 1. The number of ether oxygens (including phenoxy) is 2. The number of nitrogens with zero attached hydrogens (tertiary/aromatic N) is 3. The first kappa shape index (κ1) is 23.4. The maximum Gasteiger partial charge on any atom is 0.228 e. The Morgan fingerprint density at radius 1 is 1.15 bits per heavy atom. The van der Waals surface area contributed by atoms with Crippen LogP contribution in [0.5, 0.6) is 0 Å². The van der Waals surface area contributed by atoms with Crippen molar-refractivity contribution < 1.29 is 17.9 Å². The Kier molecular flexibility index (Phi) is 7.24. The number of likely N-dealkylation sites (tertiary alicyclic amines) is 1. The summed E-state index contributed by atoms with van der Waals surface area (Å²) in [5, 5.41) is 3.37. The van der Waals surface area contributed by atoms with Crippen molar-refractivity contribution in [2.24, 2.45) is 5.92 Å². The Balaban J connectivity index is 1.32. The lowest BCUT2D eigenvalue weighted by atomic mass is 9.79. The first-order valence-corrected chi connectivity index (χ1v) is 13.3. The van der Waals surface area contributed by atoms with Crippen LogP contribution in [0.3, 0.4) is 0 Å². The van der Waals surface area contributed by atoms with E-state index in [1.165, 1.54) is 5.39 Å². The highest BCUT2D eigenvalue weighted by molar-refractivity contribution is 7.72. The SMILES string of the molecule is COCCOC1CCCN(C(C2CCC(c3nccc4cnc5[nH]ccc5c34)CC2)=S(=O)=O)C1. The van der Waals surface area contributed by atoms with Crippen LogP contribution in [-0.4, -0.2) is 72.8 Å². The summed E-state index contributed by atoms with van der Waals surface area (Å²) >= 11 is 0. The van der Waals surface area contributed by atoms with Gasteiger partial charge in [-0.15, -0.1) is 0 Å². The molecule has 8 nitrogen and oxygen atoms in total. The van der Waals surface area contributed by atoms with Gasteiger partial charge in [0.15, 0.2) is 0 Å². The number of pyridine rings is 2. The molecule has 4 heterocycles. The van der Waals surface area contributed by atoms with Crippen molar-refractivity contribution in [1.29, 1.82) is 0 Å². The predicted octanol–water partition coefficient (Wildman–Crippen LogP) is 3.52. The average Bonchev–Trinajstić information content (AvgIpc) is 3.34. The summed E-state index contributed by atoms with van der Waals surface area (Å²) in [6, 6.07) is 4.08. The highest BCUT2D eigenvalue weighted by atomic mass is 32.2. The van der Waals surface area contributed by atoms with Gasteiger partial charge in [0.05, 0.1) is 25.0 Å². The number of methoxy groups -OCH3 is 1. The molecule has 0 amide bonds. The van der Waals surface area contributed by atoms with Crippen LogP contribution in [0.15, 0.2) is 30.7 Å². The molecule has 182 valence electrons. The summed E-state index contributed by atoms with van der Waals surface area (Å²) in [6.07, 6.45) is 11.2. The molecule has 2 fully saturated rings. The molecule has 5 rings (SSSR count). The van der Waals surface area contributed by atoms with Gasteiger partial charge in [0.1, 0.15) is 10.6 Å². The number of nitrogens with one attached hydrogen (secondary N) is 1. The van der Waals surface area contributed by atoms with E-state index in [1.54, 1.807) is 7.11 Å². The van der Waals surface area contributed by atoms with Crippen molar-refractivity contribution in [2.75, 3.05) is 33.4 Å². The number of piperidine rings is 1. The fourth-order valence-corrected chi connectivity index (χ4v) is 6.58. The number of H-pyrrole nitrogens is 1. The molecule has 0 radical (unpaired) electrons. The van der Waals surface area contributed by atoms with Crippen LogP contribution >= 0.6 is 0 Å². The second-order valence-corrected chi connectivity index (χ2v) is 10.2. The highest BCUT2D eigenvalue weighted by Gasteiger charge is 2.33. The van der Waals surface area contributed by atoms with E-state index in [0.717, 1.165) is 67.2 Å². The van der Waals surface area contributed by atoms with Crippen molar-refractivity contribution >= 4 is 37.1 Å². The van der Waals surface area contributed by atoms with Crippen molar-refractivity contribution in [2.45, 2.75) is 50.5 Å². The van der Waals surface area contributed by atoms with Crippen LogP contribution in [0.1, 0.15) is 50.1 Å². The highest BCUT2D eigenvalue weighted by Crippen LogP contribution is 2.40. The summed E-state index contributed by atoms with van der Waals surface area (Å²) in [5.74, 6) is 0.365. The summed E-state index contributed by atoms with van der Waals surface area (Å²) in [4.78, 5) is 15.1. The Morgan fingerprint density at radius 3 is 2.79 bits per heavy atom. The van der Waals surface area contributed by atoms with Gasteiger partial charge in [-0.2, -0.15) is 8.42 Å². The average molecular weight is 485 g/mol. The summed E-state index contributed by atoms with van der Waals surface area (Å²) in [6.45, 7) is 2.50. The standard InChI is InChI=1S/C25H32N4O4S/c1-32-13-14-33-20-3-2-12-29(16-20)25(34(30)31)18-6-4-17(5-7-18)23-22-19(8-10-26-23)15-28-24-21(22)9-11-27-24/h8-11,15,17-18,20H,2-7,12-14,16H2,1H3,(H,27,28). The van der Waals surface area contributed by atoms with Crippen molar-refractivity contribution in [1.82, 2.24) is 19.9 Å². The van der Waals surface area contributed by atoms with E-state index in [1.807, 2.05) is 24.7 Å². The van der Waals surface area contributed by atoms with Gasteiger partial charge in [0, 0.05) is 66.8 Å². The molecule has 1 N–H and O–H groups in total. The lowest BCUT2D eigenvalue weighted by Crippen LogP contribution is -2.47. The third-order valence-corrected chi connectivity index (χ3v) is 8.24. The molecule has 2 aliphatic rings. The van der Waals surface area contributed by atoms with Gasteiger partial charge >= 0.3 is 0 Å². The van der Waals surface area contributed by atoms with Crippen LogP contribution in [0.25, 0.3) is 21.8 Å². The first-order valence-electron chi connectivity index (χ1n) is 12.2. The lowest BCUT2D eigenvalue weighted by Gasteiger charge is -2.37. The van der Waals surface area contributed by atoms with Gasteiger partial charge in [-0.25, -0.2) is 4.98 Å². The number of fused-ring (bicyclic) bond motifs is 3. The van der Waals surface area contributed by atoms with Gasteiger partial charge in [0.2, 0.25) is 10.3 Å². The van der Waals surface area contributed by atoms with Gasteiger partial charge in [-0.05, 0) is 50.7 Å². The number of hydrogen-bond acceptors (Lipinski definition) is 6. The Morgan fingerprint density at radius 2 is 2.00 bits per heavy atom. The second kappa shape index (κ2) is 10.5. The van der Waals surface area contributed by atoms with E-state index in [2.05, 4.69) is 20.9 Å². The molecule has 1 aliphatic carbocycles. The topological polar surface area (TPSA) is 97.4 Å². The Hall–Kier alpha value is -2.33. The minimum absolute atomic E-state index is 0.0519. The molecule has 1 unspecified atom stereocenters. The molecule has 0 aromatic carbocycles. The van der Waals surface area contributed by atoms with Crippen molar-refractivity contribution in [3.05, 3.63) is 36.4 Å². The van der Waals surface area contributed by atoms with E-state index in [-0.39, 0.29) is 12.0 Å². The predicted molar refractivity (Wildman–Crippen MR) is 132 cm³/mol. The maximum atomic E-state index is 12.3. The normalized spacial score (nSPS) is 24.0. The second-order valence-electron chi connectivity index (χ2n) is 9.35. The Labute approximate surface area is 201 Å². The molecule has 3 aromatic heterocycles. The first-order chi connectivity index (χ1) is 16.7. The summed E-state index contributed by atoms with van der Waals surface area (Å²) < 4.78 is 35.7. The van der Waals surface area contributed by atoms with Gasteiger partial charge in [-0.1, -0.05) is 0 Å². The fourth-order valence-electron chi connectivity index (χ4n) is 5.69. The minimum atomic E-state index is -2.23. The molecule has 9 heteroatoms.